The number of hydrogen-bond donors (Lipinski definition) is 3. The Hall–Kier alpha value is -3.16. The molecular formula is C16H18N6O2. The first-order chi connectivity index (χ1) is 11.4. The average Bonchev–Trinajstić information content (AvgIpc) is 2.96. The lowest BCUT2D eigenvalue weighted by Gasteiger charge is -2.09. The van der Waals surface area contributed by atoms with E-state index in [9.17, 15) is 4.79 Å². The van der Waals surface area contributed by atoms with Gasteiger partial charge in [0.25, 0.3) is 0 Å². The Bertz CT molecular complexity index is 932. The zero-order chi connectivity index (χ0) is 17.4. The van der Waals surface area contributed by atoms with Crippen molar-refractivity contribution in [1.82, 2.24) is 19.9 Å². The van der Waals surface area contributed by atoms with E-state index in [0.29, 0.717) is 22.2 Å². The highest BCUT2D eigenvalue weighted by Gasteiger charge is 2.21. The molecule has 8 nitrogen and oxygen atoms in total. The van der Waals surface area contributed by atoms with Crippen LogP contribution in [0.3, 0.4) is 0 Å². The average molecular weight is 326 g/mol. The zero-order valence-corrected chi connectivity index (χ0v) is 13.6. The van der Waals surface area contributed by atoms with E-state index in [1.165, 1.54) is 13.2 Å². The number of methoxy groups -OCH3 is 1. The summed E-state index contributed by atoms with van der Waals surface area (Å²) in [4.78, 5) is 28.4. The highest BCUT2D eigenvalue weighted by molar-refractivity contribution is 6.16. The SMILES string of the molecule is COc1cc(C(=O)c2c[nH]c3nc(N)nc(C(C)C)c23)cc(N)n1. The van der Waals surface area contributed by atoms with Crippen molar-refractivity contribution in [3.8, 4) is 5.88 Å². The van der Waals surface area contributed by atoms with Crippen molar-refractivity contribution in [3.63, 3.8) is 0 Å². The molecule has 24 heavy (non-hydrogen) atoms. The van der Waals surface area contributed by atoms with Gasteiger partial charge < -0.3 is 21.2 Å². The minimum atomic E-state index is -0.219. The van der Waals surface area contributed by atoms with E-state index in [1.807, 2.05) is 13.8 Å². The predicted octanol–water partition coefficient (Wildman–Crippen LogP) is 1.88. The van der Waals surface area contributed by atoms with E-state index in [-0.39, 0.29) is 29.3 Å². The number of fused-ring (bicyclic) bond motifs is 1. The maximum absolute atomic E-state index is 13.0. The van der Waals surface area contributed by atoms with Crippen LogP contribution >= 0.6 is 0 Å². The molecule has 3 heterocycles. The van der Waals surface area contributed by atoms with Gasteiger partial charge in [0.1, 0.15) is 11.5 Å². The maximum atomic E-state index is 13.0. The minimum absolute atomic E-state index is 0.0807. The summed E-state index contributed by atoms with van der Waals surface area (Å²) in [5.41, 5.74) is 13.6. The van der Waals surface area contributed by atoms with Gasteiger partial charge in [0, 0.05) is 17.8 Å². The minimum Gasteiger partial charge on any atom is -0.481 e. The summed E-state index contributed by atoms with van der Waals surface area (Å²) < 4.78 is 5.08. The number of carbonyl (C=O) groups excluding carboxylic acids is 1. The Morgan fingerprint density at radius 1 is 1.21 bits per heavy atom. The van der Waals surface area contributed by atoms with Crippen LogP contribution < -0.4 is 16.2 Å². The first-order valence-electron chi connectivity index (χ1n) is 7.41. The lowest BCUT2D eigenvalue weighted by atomic mass is 9.99. The van der Waals surface area contributed by atoms with Crippen molar-refractivity contribution in [1.29, 1.82) is 0 Å². The molecule has 0 saturated carbocycles. The number of hydrogen-bond acceptors (Lipinski definition) is 7. The number of nitrogens with two attached hydrogens (primary N) is 2. The Kier molecular flexibility index (Phi) is 3.80. The summed E-state index contributed by atoms with van der Waals surface area (Å²) in [5.74, 6) is 0.521. The summed E-state index contributed by atoms with van der Waals surface area (Å²) in [5, 5.41) is 0.665. The number of carbonyl (C=O) groups is 1. The number of H-pyrrole nitrogens is 1. The number of aromatic amines is 1. The monoisotopic (exact) mass is 326 g/mol. The number of ketones is 1. The van der Waals surface area contributed by atoms with Crippen molar-refractivity contribution in [3.05, 3.63) is 35.2 Å². The van der Waals surface area contributed by atoms with Gasteiger partial charge in [-0.15, -0.1) is 0 Å². The lowest BCUT2D eigenvalue weighted by molar-refractivity contribution is 0.103. The number of nitrogens with one attached hydrogen (secondary N) is 1. The largest absolute Gasteiger partial charge is 0.481 e. The Labute approximate surface area is 138 Å². The highest BCUT2D eigenvalue weighted by Crippen LogP contribution is 2.28. The summed E-state index contributed by atoms with van der Waals surface area (Å²) in [6.07, 6.45) is 1.61. The van der Waals surface area contributed by atoms with Gasteiger partial charge in [-0.2, -0.15) is 9.97 Å². The molecule has 0 aliphatic carbocycles. The Morgan fingerprint density at radius 3 is 2.62 bits per heavy atom. The molecule has 124 valence electrons. The summed E-state index contributed by atoms with van der Waals surface area (Å²) >= 11 is 0. The van der Waals surface area contributed by atoms with Crippen molar-refractivity contribution in [2.45, 2.75) is 19.8 Å². The number of pyridine rings is 1. The van der Waals surface area contributed by atoms with Crippen LogP contribution in [0.1, 0.15) is 41.4 Å². The van der Waals surface area contributed by atoms with Crippen LogP contribution in [0.15, 0.2) is 18.3 Å². The highest BCUT2D eigenvalue weighted by atomic mass is 16.5. The Morgan fingerprint density at radius 2 is 1.96 bits per heavy atom. The smallest absolute Gasteiger partial charge is 0.222 e. The number of nitrogens with zero attached hydrogens (tertiary/aromatic N) is 3. The van der Waals surface area contributed by atoms with E-state index in [2.05, 4.69) is 19.9 Å². The third-order valence-electron chi connectivity index (χ3n) is 3.66. The molecule has 0 aliphatic heterocycles. The van der Waals surface area contributed by atoms with Gasteiger partial charge in [-0.1, -0.05) is 13.8 Å². The summed E-state index contributed by atoms with van der Waals surface area (Å²) in [6.45, 7) is 3.96. The first-order valence-corrected chi connectivity index (χ1v) is 7.41. The molecule has 0 bridgehead atoms. The zero-order valence-electron chi connectivity index (χ0n) is 13.6. The quantitative estimate of drug-likeness (QED) is 0.623. The van der Waals surface area contributed by atoms with Crippen LogP contribution in [0.5, 0.6) is 5.88 Å². The molecule has 0 amide bonds. The molecule has 0 aromatic carbocycles. The van der Waals surface area contributed by atoms with Crippen LogP contribution in [0, 0.1) is 0 Å². The second-order valence-corrected chi connectivity index (χ2v) is 5.70. The topological polar surface area (TPSA) is 133 Å². The van der Waals surface area contributed by atoms with Crippen molar-refractivity contribution in [2.75, 3.05) is 18.6 Å². The third-order valence-corrected chi connectivity index (χ3v) is 3.66. The lowest BCUT2D eigenvalue weighted by Crippen LogP contribution is -2.07. The molecule has 5 N–H and O–H groups in total. The van der Waals surface area contributed by atoms with Gasteiger partial charge in [-0.25, -0.2) is 4.98 Å². The molecule has 3 aromatic rings. The molecule has 0 atom stereocenters. The molecule has 0 fully saturated rings. The van der Waals surface area contributed by atoms with E-state index in [1.54, 1.807) is 12.3 Å². The van der Waals surface area contributed by atoms with Gasteiger partial charge in [0.05, 0.1) is 23.8 Å². The van der Waals surface area contributed by atoms with Gasteiger partial charge >= 0.3 is 0 Å². The van der Waals surface area contributed by atoms with Gasteiger partial charge in [-0.3, -0.25) is 4.79 Å². The number of nitrogen functional groups attached to an aromatic ring is 2. The number of anilines is 2. The van der Waals surface area contributed by atoms with Crippen LogP contribution in [-0.4, -0.2) is 32.8 Å². The third kappa shape index (κ3) is 2.62. The van der Waals surface area contributed by atoms with E-state index < -0.39 is 0 Å². The van der Waals surface area contributed by atoms with Gasteiger partial charge in [-0.05, 0) is 12.0 Å². The fourth-order valence-electron chi connectivity index (χ4n) is 2.59. The van der Waals surface area contributed by atoms with Crippen molar-refractivity contribution in [2.24, 2.45) is 0 Å². The predicted molar refractivity (Wildman–Crippen MR) is 91.0 cm³/mol. The molecule has 8 heteroatoms. The molecule has 3 aromatic heterocycles. The van der Waals surface area contributed by atoms with Gasteiger partial charge in [0.15, 0.2) is 5.78 Å². The molecular weight excluding hydrogens is 308 g/mol. The van der Waals surface area contributed by atoms with Crippen molar-refractivity contribution >= 4 is 28.6 Å². The second kappa shape index (κ2) is 5.80. The normalized spacial score (nSPS) is 11.2. The molecule has 0 unspecified atom stereocenters. The van der Waals surface area contributed by atoms with Crippen LogP contribution in [0.2, 0.25) is 0 Å². The fraction of sp³-hybridized carbons (Fsp3) is 0.250. The molecule has 0 radical (unpaired) electrons. The van der Waals surface area contributed by atoms with Crippen LogP contribution in [-0.2, 0) is 0 Å². The second-order valence-electron chi connectivity index (χ2n) is 5.70. The standard InChI is InChI=1S/C16H18N6O2/c1-7(2)13-12-9(6-19-15(12)22-16(18)21-13)14(23)8-4-10(17)20-11(5-8)24-3/h4-7H,1-3H3,(H2,17,20)(H3,18,19,21,22). The van der Waals surface area contributed by atoms with E-state index >= 15 is 0 Å². The van der Waals surface area contributed by atoms with Crippen molar-refractivity contribution < 1.29 is 9.53 Å². The summed E-state index contributed by atoms with van der Waals surface area (Å²) in [7, 11) is 1.47. The molecule has 3 rings (SSSR count). The van der Waals surface area contributed by atoms with Crippen LogP contribution in [0.25, 0.3) is 11.0 Å². The number of rotatable bonds is 4. The maximum Gasteiger partial charge on any atom is 0.222 e. The number of ether oxygens (including phenoxy) is 1. The first kappa shape index (κ1) is 15.7. The molecule has 0 aliphatic rings. The molecule has 0 spiro atoms. The molecule has 0 saturated heterocycles. The summed E-state index contributed by atoms with van der Waals surface area (Å²) in [6, 6.07) is 3.06. The van der Waals surface area contributed by atoms with Crippen LogP contribution in [0.4, 0.5) is 11.8 Å². The Balaban J connectivity index is 2.19. The van der Waals surface area contributed by atoms with Gasteiger partial charge in [0.2, 0.25) is 11.8 Å². The fourth-order valence-corrected chi connectivity index (χ4v) is 2.59. The van der Waals surface area contributed by atoms with E-state index in [0.717, 1.165) is 5.69 Å². The van der Waals surface area contributed by atoms with E-state index in [4.69, 9.17) is 16.2 Å². The number of aromatic nitrogens is 4.